The van der Waals surface area contributed by atoms with Gasteiger partial charge in [0.25, 0.3) is 5.89 Å². The summed E-state index contributed by atoms with van der Waals surface area (Å²) in [6.45, 7) is 3.93. The fourth-order valence-corrected chi connectivity index (χ4v) is 2.31. The van der Waals surface area contributed by atoms with E-state index >= 15 is 0 Å². The number of benzene rings is 2. The average Bonchev–Trinajstić information content (AvgIpc) is 3.12. The van der Waals surface area contributed by atoms with E-state index in [0.717, 1.165) is 6.42 Å². The predicted octanol–water partition coefficient (Wildman–Crippen LogP) is 4.46. The molecular formula is C19H19FN4O2. The Balaban J connectivity index is 1.79. The summed E-state index contributed by atoms with van der Waals surface area (Å²) in [6, 6.07) is 13.0. The number of halogens is 1. The molecule has 2 aromatic carbocycles. The van der Waals surface area contributed by atoms with Crippen molar-refractivity contribution in [1.82, 2.24) is 15.5 Å². The van der Waals surface area contributed by atoms with E-state index in [9.17, 15) is 9.18 Å². The molecule has 1 aromatic heterocycles. The van der Waals surface area contributed by atoms with Crippen LogP contribution < -0.4 is 10.6 Å². The van der Waals surface area contributed by atoms with Crippen LogP contribution in [-0.4, -0.2) is 22.2 Å². The lowest BCUT2D eigenvalue weighted by atomic mass is 10.2. The van der Waals surface area contributed by atoms with E-state index in [1.165, 1.54) is 6.07 Å². The summed E-state index contributed by atoms with van der Waals surface area (Å²) >= 11 is 0. The summed E-state index contributed by atoms with van der Waals surface area (Å²) in [7, 11) is 0. The molecule has 134 valence electrons. The topological polar surface area (TPSA) is 80.0 Å². The van der Waals surface area contributed by atoms with Crippen LogP contribution in [-0.2, 0) is 0 Å². The van der Waals surface area contributed by atoms with Gasteiger partial charge in [-0.1, -0.05) is 36.3 Å². The Labute approximate surface area is 150 Å². The second-order valence-corrected chi connectivity index (χ2v) is 5.89. The first-order valence-corrected chi connectivity index (χ1v) is 8.33. The van der Waals surface area contributed by atoms with Crippen molar-refractivity contribution in [3.63, 3.8) is 0 Å². The normalized spacial score (nSPS) is 11.8. The molecule has 7 heteroatoms. The van der Waals surface area contributed by atoms with Crippen molar-refractivity contribution in [2.24, 2.45) is 0 Å². The average molecular weight is 354 g/mol. The summed E-state index contributed by atoms with van der Waals surface area (Å²) in [4.78, 5) is 16.2. The number of anilines is 1. The molecule has 0 saturated heterocycles. The number of carbonyl (C=O) groups is 1. The van der Waals surface area contributed by atoms with Crippen LogP contribution in [0, 0.1) is 5.82 Å². The molecule has 1 heterocycles. The maximum absolute atomic E-state index is 13.8. The zero-order valence-electron chi connectivity index (χ0n) is 14.5. The molecule has 2 N–H and O–H groups in total. The third-order valence-corrected chi connectivity index (χ3v) is 3.90. The van der Waals surface area contributed by atoms with E-state index in [1.807, 2.05) is 13.8 Å². The quantitative estimate of drug-likeness (QED) is 0.709. The maximum Gasteiger partial charge on any atom is 0.319 e. The Morgan fingerprint density at radius 3 is 2.81 bits per heavy atom. The molecule has 26 heavy (non-hydrogen) atoms. The highest BCUT2D eigenvalue weighted by Crippen LogP contribution is 2.25. The van der Waals surface area contributed by atoms with E-state index in [0.29, 0.717) is 17.1 Å². The van der Waals surface area contributed by atoms with Gasteiger partial charge < -0.3 is 15.2 Å². The number of nitrogens with zero attached hydrogens (tertiary/aromatic N) is 2. The van der Waals surface area contributed by atoms with Crippen molar-refractivity contribution < 1.29 is 13.7 Å². The van der Waals surface area contributed by atoms with Gasteiger partial charge in [-0.05, 0) is 37.6 Å². The van der Waals surface area contributed by atoms with Crippen LogP contribution in [0.4, 0.5) is 14.9 Å². The first kappa shape index (κ1) is 17.6. The summed E-state index contributed by atoms with van der Waals surface area (Å²) in [5.41, 5.74) is 1.49. The molecule has 2 amide bonds. The number of rotatable bonds is 5. The third kappa shape index (κ3) is 4.05. The first-order valence-electron chi connectivity index (χ1n) is 8.33. The van der Waals surface area contributed by atoms with Gasteiger partial charge in [0.1, 0.15) is 5.82 Å². The van der Waals surface area contributed by atoms with Gasteiger partial charge in [-0.3, -0.25) is 0 Å². The fourth-order valence-electron chi connectivity index (χ4n) is 2.31. The third-order valence-electron chi connectivity index (χ3n) is 3.90. The van der Waals surface area contributed by atoms with Crippen molar-refractivity contribution in [1.29, 1.82) is 0 Å². The van der Waals surface area contributed by atoms with Crippen LogP contribution in [0.25, 0.3) is 22.8 Å². The van der Waals surface area contributed by atoms with Crippen molar-refractivity contribution in [3.05, 3.63) is 54.3 Å². The Morgan fingerprint density at radius 2 is 2.04 bits per heavy atom. The minimum atomic E-state index is -0.431. The summed E-state index contributed by atoms with van der Waals surface area (Å²) in [6.07, 6.45) is 0.842. The van der Waals surface area contributed by atoms with Gasteiger partial charge in [-0.25, -0.2) is 9.18 Å². The highest BCUT2D eigenvalue weighted by molar-refractivity contribution is 5.90. The molecule has 0 bridgehead atoms. The molecule has 3 rings (SSSR count). The Kier molecular flexibility index (Phi) is 5.26. The number of amides is 2. The molecule has 0 aliphatic heterocycles. The van der Waals surface area contributed by atoms with Crippen molar-refractivity contribution in [3.8, 4) is 22.8 Å². The molecule has 0 radical (unpaired) electrons. The minimum Gasteiger partial charge on any atom is -0.335 e. The van der Waals surface area contributed by atoms with Crippen molar-refractivity contribution in [2.75, 3.05) is 5.32 Å². The lowest BCUT2D eigenvalue weighted by Crippen LogP contribution is -2.35. The van der Waals surface area contributed by atoms with Crippen LogP contribution in [0.15, 0.2) is 53.1 Å². The van der Waals surface area contributed by atoms with E-state index in [2.05, 4.69) is 20.8 Å². The minimum absolute atomic E-state index is 0.0821. The van der Waals surface area contributed by atoms with E-state index in [-0.39, 0.29) is 23.5 Å². The molecular weight excluding hydrogens is 335 g/mol. The number of aromatic nitrogens is 2. The number of carbonyl (C=O) groups excluding carboxylic acids is 1. The molecule has 3 aromatic rings. The van der Waals surface area contributed by atoms with Crippen LogP contribution in [0.5, 0.6) is 0 Å². The first-order chi connectivity index (χ1) is 12.6. The number of hydrogen-bond acceptors (Lipinski definition) is 4. The van der Waals surface area contributed by atoms with E-state index in [1.54, 1.807) is 42.5 Å². The predicted molar refractivity (Wildman–Crippen MR) is 97.0 cm³/mol. The Hall–Kier alpha value is -3.22. The molecule has 6 nitrogen and oxygen atoms in total. The summed E-state index contributed by atoms with van der Waals surface area (Å²) < 4.78 is 19.0. The van der Waals surface area contributed by atoms with E-state index < -0.39 is 5.82 Å². The van der Waals surface area contributed by atoms with E-state index in [4.69, 9.17) is 4.52 Å². The Bertz CT molecular complexity index is 910. The molecule has 0 fully saturated rings. The lowest BCUT2D eigenvalue weighted by molar-refractivity contribution is 0.249. The molecule has 0 aliphatic carbocycles. The fraction of sp³-hybridized carbons (Fsp3) is 0.211. The van der Waals surface area contributed by atoms with Crippen LogP contribution in [0.3, 0.4) is 0 Å². The standard InChI is InChI=1S/C19H19FN4O2/c1-3-12(2)21-19(25)22-14-8-6-7-13(11-14)17-23-18(26-24-17)15-9-4-5-10-16(15)20/h4-12H,3H2,1-2H3,(H2,21,22,25)/t12-/m1/s1. The van der Waals surface area contributed by atoms with Gasteiger partial charge >= 0.3 is 6.03 Å². The second kappa shape index (κ2) is 7.77. The molecule has 0 unspecified atom stereocenters. The number of urea groups is 1. The maximum atomic E-state index is 13.8. The van der Waals surface area contributed by atoms with Crippen LogP contribution >= 0.6 is 0 Å². The van der Waals surface area contributed by atoms with Gasteiger partial charge in [0.15, 0.2) is 0 Å². The molecule has 1 atom stereocenters. The smallest absolute Gasteiger partial charge is 0.319 e. The zero-order chi connectivity index (χ0) is 18.5. The summed E-state index contributed by atoms with van der Waals surface area (Å²) in [5, 5.41) is 9.50. The van der Waals surface area contributed by atoms with Crippen molar-refractivity contribution in [2.45, 2.75) is 26.3 Å². The number of nitrogens with one attached hydrogen (secondary N) is 2. The molecule has 0 spiro atoms. The number of hydrogen-bond donors (Lipinski definition) is 2. The Morgan fingerprint density at radius 1 is 1.23 bits per heavy atom. The summed E-state index contributed by atoms with van der Waals surface area (Å²) in [5.74, 6) is -0.0138. The van der Waals surface area contributed by atoms with Crippen LogP contribution in [0.2, 0.25) is 0 Å². The van der Waals surface area contributed by atoms with Gasteiger partial charge in [0.05, 0.1) is 5.56 Å². The monoisotopic (exact) mass is 354 g/mol. The second-order valence-electron chi connectivity index (χ2n) is 5.89. The van der Waals surface area contributed by atoms with Gasteiger partial charge in [0, 0.05) is 17.3 Å². The molecule has 0 saturated carbocycles. The van der Waals surface area contributed by atoms with Gasteiger partial charge in [-0.2, -0.15) is 4.98 Å². The SMILES string of the molecule is CC[C@@H](C)NC(=O)Nc1cccc(-c2noc(-c3ccccc3F)n2)c1. The van der Waals surface area contributed by atoms with Crippen molar-refractivity contribution >= 4 is 11.7 Å². The largest absolute Gasteiger partial charge is 0.335 e. The highest BCUT2D eigenvalue weighted by Gasteiger charge is 2.14. The highest BCUT2D eigenvalue weighted by atomic mass is 19.1. The van der Waals surface area contributed by atoms with Gasteiger partial charge in [0.2, 0.25) is 5.82 Å². The van der Waals surface area contributed by atoms with Gasteiger partial charge in [-0.15, -0.1) is 0 Å². The molecule has 0 aliphatic rings. The zero-order valence-corrected chi connectivity index (χ0v) is 14.5. The van der Waals surface area contributed by atoms with Crippen LogP contribution in [0.1, 0.15) is 20.3 Å². The lowest BCUT2D eigenvalue weighted by Gasteiger charge is -2.12.